The summed E-state index contributed by atoms with van der Waals surface area (Å²) in [7, 11) is -1.96. The number of carbonyl (C=O) groups excluding carboxylic acids is 1. The van der Waals surface area contributed by atoms with Gasteiger partial charge in [-0.2, -0.15) is 0 Å². The molecule has 1 aromatic rings. The number of benzene rings is 1. The van der Waals surface area contributed by atoms with Crippen LogP contribution in [0.1, 0.15) is 47.5 Å². The Bertz CT molecular complexity index is 731. The average Bonchev–Trinajstić information content (AvgIpc) is 3.07. The summed E-state index contributed by atoms with van der Waals surface area (Å²) in [4.78, 5) is 12.0. The van der Waals surface area contributed by atoms with Gasteiger partial charge in [-0.25, -0.2) is 13.2 Å². The molecule has 0 unspecified atom stereocenters. The van der Waals surface area contributed by atoms with Crippen LogP contribution in [0.2, 0.25) is 0 Å². The Morgan fingerprint density at radius 1 is 1.17 bits per heavy atom. The van der Waals surface area contributed by atoms with Gasteiger partial charge in [0.1, 0.15) is 0 Å². The number of sulfonamides is 1. The summed E-state index contributed by atoms with van der Waals surface area (Å²) in [5.41, 5.74) is 1.98. The fourth-order valence-electron chi connectivity index (χ4n) is 3.22. The quantitative estimate of drug-likeness (QED) is 0.629. The van der Waals surface area contributed by atoms with Crippen LogP contribution in [0.25, 0.3) is 0 Å². The normalized spacial score (nSPS) is 20.7. The number of nitrogens with zero attached hydrogens (tertiary/aromatic N) is 1. The third-order valence-corrected chi connectivity index (χ3v) is 6.35. The lowest BCUT2D eigenvalue weighted by molar-refractivity contribution is 0.0600. The molecule has 0 atom stereocenters. The van der Waals surface area contributed by atoms with Crippen molar-refractivity contribution < 1.29 is 17.9 Å². The van der Waals surface area contributed by atoms with Crippen molar-refractivity contribution in [1.82, 2.24) is 0 Å². The van der Waals surface area contributed by atoms with Crippen LogP contribution in [-0.2, 0) is 14.8 Å². The second kappa shape index (κ2) is 6.35. The largest absolute Gasteiger partial charge is 0.465 e. The van der Waals surface area contributed by atoms with E-state index in [4.69, 9.17) is 4.74 Å². The summed E-state index contributed by atoms with van der Waals surface area (Å²) in [5, 5.41) is 0. The van der Waals surface area contributed by atoms with Crippen LogP contribution in [0.5, 0.6) is 0 Å². The van der Waals surface area contributed by atoms with E-state index < -0.39 is 16.0 Å². The third kappa shape index (κ3) is 3.27. The van der Waals surface area contributed by atoms with E-state index in [0.717, 1.165) is 24.8 Å². The van der Waals surface area contributed by atoms with Crippen molar-refractivity contribution in [3.63, 3.8) is 0 Å². The lowest BCUT2D eigenvalue weighted by Crippen LogP contribution is -2.38. The topological polar surface area (TPSA) is 63.7 Å². The Morgan fingerprint density at radius 2 is 1.91 bits per heavy atom. The van der Waals surface area contributed by atoms with Gasteiger partial charge in [0.25, 0.3) is 0 Å². The Kier molecular flexibility index (Phi) is 4.43. The molecule has 124 valence electrons. The minimum Gasteiger partial charge on any atom is -0.465 e. The van der Waals surface area contributed by atoms with E-state index in [1.807, 2.05) is 12.1 Å². The molecular weight excluding hydrogens is 314 g/mol. The number of ether oxygens (including phenoxy) is 1. The van der Waals surface area contributed by atoms with Crippen molar-refractivity contribution in [2.45, 2.75) is 31.6 Å². The molecule has 23 heavy (non-hydrogen) atoms. The minimum absolute atomic E-state index is 0.162. The van der Waals surface area contributed by atoms with Gasteiger partial charge >= 0.3 is 5.97 Å². The highest BCUT2D eigenvalue weighted by Crippen LogP contribution is 2.34. The highest BCUT2D eigenvalue weighted by Gasteiger charge is 2.28. The summed E-state index contributed by atoms with van der Waals surface area (Å²) in [5.74, 6) is 0.0229. The van der Waals surface area contributed by atoms with Gasteiger partial charge < -0.3 is 4.74 Å². The zero-order valence-corrected chi connectivity index (χ0v) is 14.0. The first kappa shape index (κ1) is 16.1. The van der Waals surface area contributed by atoms with Gasteiger partial charge in [0.2, 0.25) is 10.0 Å². The molecule has 0 bridgehead atoms. The van der Waals surface area contributed by atoms with Crippen LogP contribution in [0.4, 0.5) is 5.69 Å². The molecule has 0 spiro atoms. The molecule has 1 aliphatic heterocycles. The van der Waals surface area contributed by atoms with Crippen LogP contribution in [0.3, 0.4) is 0 Å². The molecule has 6 heteroatoms. The second-order valence-electron chi connectivity index (χ2n) is 6.04. The van der Waals surface area contributed by atoms with E-state index in [0.29, 0.717) is 30.1 Å². The van der Waals surface area contributed by atoms with E-state index in [-0.39, 0.29) is 5.75 Å². The van der Waals surface area contributed by atoms with Crippen LogP contribution in [0, 0.1) is 0 Å². The van der Waals surface area contributed by atoms with E-state index >= 15 is 0 Å². The van der Waals surface area contributed by atoms with Gasteiger partial charge in [-0.05, 0) is 55.4 Å². The van der Waals surface area contributed by atoms with Crippen molar-refractivity contribution >= 4 is 21.7 Å². The number of hydrogen-bond acceptors (Lipinski definition) is 4. The summed E-state index contributed by atoms with van der Waals surface area (Å²) < 4.78 is 31.0. The fourth-order valence-corrected chi connectivity index (χ4v) is 4.84. The molecule has 0 saturated carbocycles. The zero-order chi connectivity index (χ0) is 16.4. The van der Waals surface area contributed by atoms with E-state index in [1.165, 1.54) is 11.4 Å². The predicted molar refractivity (Wildman–Crippen MR) is 89.3 cm³/mol. The summed E-state index contributed by atoms with van der Waals surface area (Å²) in [6, 6.07) is 5.36. The second-order valence-corrected chi connectivity index (χ2v) is 8.05. The first-order valence-electron chi connectivity index (χ1n) is 7.90. The molecular formula is C17H21NO4S. The number of rotatable bonds is 3. The van der Waals surface area contributed by atoms with Crippen LogP contribution >= 0.6 is 0 Å². The molecule has 0 N–H and O–H groups in total. The number of hydrogen-bond donors (Lipinski definition) is 0. The van der Waals surface area contributed by atoms with Crippen molar-refractivity contribution in [2.75, 3.05) is 23.7 Å². The Hall–Kier alpha value is -1.82. The van der Waals surface area contributed by atoms with Gasteiger partial charge in [0.15, 0.2) is 0 Å². The molecule has 3 rings (SSSR count). The Balaban J connectivity index is 2.04. The monoisotopic (exact) mass is 335 g/mol. The minimum atomic E-state index is -3.30. The van der Waals surface area contributed by atoms with Gasteiger partial charge in [0, 0.05) is 6.54 Å². The molecule has 0 amide bonds. The van der Waals surface area contributed by atoms with Crippen molar-refractivity contribution in [2.24, 2.45) is 0 Å². The Morgan fingerprint density at radius 3 is 2.57 bits per heavy atom. The maximum atomic E-state index is 12.4. The van der Waals surface area contributed by atoms with E-state index in [1.54, 1.807) is 6.07 Å². The molecule has 0 radical (unpaired) electrons. The highest BCUT2D eigenvalue weighted by molar-refractivity contribution is 7.92. The smallest absolute Gasteiger partial charge is 0.337 e. The van der Waals surface area contributed by atoms with Crippen molar-refractivity contribution in [3.05, 3.63) is 41.5 Å². The number of allylic oxidation sites excluding steroid dienone is 2. The number of anilines is 1. The summed E-state index contributed by atoms with van der Waals surface area (Å²) >= 11 is 0. The lowest BCUT2D eigenvalue weighted by Gasteiger charge is -2.29. The van der Waals surface area contributed by atoms with Gasteiger partial charge in [-0.3, -0.25) is 4.31 Å². The van der Waals surface area contributed by atoms with Crippen molar-refractivity contribution in [1.29, 1.82) is 0 Å². The summed E-state index contributed by atoms with van der Waals surface area (Å²) in [6.45, 7) is 0.468. The first-order valence-corrected chi connectivity index (χ1v) is 9.51. The molecule has 5 nitrogen and oxygen atoms in total. The maximum absolute atomic E-state index is 12.4. The molecule has 1 saturated heterocycles. The van der Waals surface area contributed by atoms with E-state index in [9.17, 15) is 13.2 Å². The van der Waals surface area contributed by atoms with Crippen LogP contribution < -0.4 is 4.31 Å². The molecule has 0 aromatic heterocycles. The van der Waals surface area contributed by atoms with Gasteiger partial charge in [-0.15, -0.1) is 0 Å². The first-order chi connectivity index (χ1) is 11.0. The number of esters is 1. The lowest BCUT2D eigenvalue weighted by atomic mass is 9.94. The van der Waals surface area contributed by atoms with Gasteiger partial charge in [-0.1, -0.05) is 12.2 Å². The third-order valence-electron chi connectivity index (χ3n) is 4.48. The Labute approximate surface area is 137 Å². The SMILES string of the molecule is COC(=O)c1cc(C2CC=CC2)cc(N2CCCCS2(=O)=O)c1. The molecule has 1 aromatic carbocycles. The standard InChI is InChI=1S/C17H21NO4S/c1-22-17(19)15-10-14(13-6-2-3-7-13)11-16(12-15)18-8-4-5-9-23(18,20)21/h2-3,10-13H,4-9H2,1H3. The fraction of sp³-hybridized carbons (Fsp3) is 0.471. The average molecular weight is 335 g/mol. The maximum Gasteiger partial charge on any atom is 0.337 e. The van der Waals surface area contributed by atoms with Crippen LogP contribution in [-0.4, -0.2) is 33.8 Å². The summed E-state index contributed by atoms with van der Waals surface area (Å²) in [6.07, 6.45) is 7.59. The highest BCUT2D eigenvalue weighted by atomic mass is 32.2. The molecule has 1 fully saturated rings. The van der Waals surface area contributed by atoms with Crippen LogP contribution in [0.15, 0.2) is 30.4 Å². The molecule has 1 aliphatic carbocycles. The van der Waals surface area contributed by atoms with Crippen molar-refractivity contribution in [3.8, 4) is 0 Å². The van der Waals surface area contributed by atoms with E-state index in [2.05, 4.69) is 12.2 Å². The predicted octanol–water partition coefficient (Wildman–Crippen LogP) is 2.84. The molecule has 2 aliphatic rings. The number of carbonyl (C=O) groups is 1. The van der Waals surface area contributed by atoms with Gasteiger partial charge in [0.05, 0.1) is 24.1 Å². The molecule has 1 heterocycles. The number of methoxy groups -OCH3 is 1. The zero-order valence-electron chi connectivity index (χ0n) is 13.2.